The van der Waals surface area contributed by atoms with Gasteiger partial charge in [0, 0.05) is 12.7 Å². The van der Waals surface area contributed by atoms with Gasteiger partial charge in [-0.25, -0.2) is 4.98 Å². The van der Waals surface area contributed by atoms with E-state index in [4.69, 9.17) is 4.74 Å². The van der Waals surface area contributed by atoms with Crippen LogP contribution in [0.1, 0.15) is 6.42 Å². The standard InChI is InChI=1S/C14H15BrN2O/c15-12-6-1-2-7-13(12)18-11-5-10-17-14-8-3-4-9-16-14/h1-4,6-9H,5,10-11H2,(H,16,17). The second-order valence-corrected chi connectivity index (χ2v) is 4.63. The van der Waals surface area contributed by atoms with Gasteiger partial charge in [0.25, 0.3) is 0 Å². The molecule has 0 atom stereocenters. The molecule has 0 aliphatic rings. The molecule has 0 radical (unpaired) electrons. The zero-order valence-electron chi connectivity index (χ0n) is 9.97. The lowest BCUT2D eigenvalue weighted by Gasteiger charge is -2.08. The second-order valence-electron chi connectivity index (χ2n) is 3.77. The lowest BCUT2D eigenvalue weighted by molar-refractivity contribution is 0.313. The smallest absolute Gasteiger partial charge is 0.133 e. The first-order chi connectivity index (χ1) is 8.86. The molecule has 0 aliphatic carbocycles. The number of benzene rings is 1. The van der Waals surface area contributed by atoms with Crippen molar-refractivity contribution in [2.75, 3.05) is 18.5 Å². The zero-order valence-corrected chi connectivity index (χ0v) is 11.6. The van der Waals surface area contributed by atoms with E-state index in [0.29, 0.717) is 6.61 Å². The van der Waals surface area contributed by atoms with Crippen LogP contribution in [0.4, 0.5) is 5.82 Å². The predicted octanol–water partition coefficient (Wildman–Crippen LogP) is 3.73. The van der Waals surface area contributed by atoms with Crippen molar-refractivity contribution in [1.82, 2.24) is 4.98 Å². The molecule has 0 saturated heterocycles. The molecule has 1 aromatic heterocycles. The summed E-state index contributed by atoms with van der Waals surface area (Å²) in [5.41, 5.74) is 0. The average Bonchev–Trinajstić information content (AvgIpc) is 2.42. The Kier molecular flexibility index (Phi) is 5.02. The maximum Gasteiger partial charge on any atom is 0.133 e. The molecule has 2 aromatic rings. The number of nitrogens with zero attached hydrogens (tertiary/aromatic N) is 1. The van der Waals surface area contributed by atoms with E-state index in [2.05, 4.69) is 26.2 Å². The first-order valence-electron chi connectivity index (χ1n) is 5.88. The maximum atomic E-state index is 5.67. The number of anilines is 1. The van der Waals surface area contributed by atoms with Crippen molar-refractivity contribution in [3.05, 3.63) is 53.1 Å². The van der Waals surface area contributed by atoms with Gasteiger partial charge >= 0.3 is 0 Å². The van der Waals surface area contributed by atoms with E-state index in [1.54, 1.807) is 6.20 Å². The van der Waals surface area contributed by atoms with Crippen molar-refractivity contribution >= 4 is 21.7 Å². The Labute approximate surface area is 115 Å². The summed E-state index contributed by atoms with van der Waals surface area (Å²) in [4.78, 5) is 4.19. The molecule has 1 heterocycles. The number of para-hydroxylation sites is 1. The van der Waals surface area contributed by atoms with Gasteiger partial charge in [-0.2, -0.15) is 0 Å². The highest BCUT2D eigenvalue weighted by Crippen LogP contribution is 2.23. The SMILES string of the molecule is Brc1ccccc1OCCCNc1ccccn1. The molecule has 94 valence electrons. The number of nitrogens with one attached hydrogen (secondary N) is 1. The summed E-state index contributed by atoms with van der Waals surface area (Å²) in [6, 6.07) is 13.7. The van der Waals surface area contributed by atoms with E-state index >= 15 is 0 Å². The minimum absolute atomic E-state index is 0.683. The number of ether oxygens (including phenoxy) is 1. The van der Waals surface area contributed by atoms with Crippen LogP contribution in [0.3, 0.4) is 0 Å². The summed E-state index contributed by atoms with van der Waals surface area (Å²) >= 11 is 3.45. The summed E-state index contributed by atoms with van der Waals surface area (Å²) in [5, 5.41) is 3.24. The summed E-state index contributed by atoms with van der Waals surface area (Å²) in [6.45, 7) is 1.53. The van der Waals surface area contributed by atoms with Crippen molar-refractivity contribution in [3.8, 4) is 5.75 Å². The largest absolute Gasteiger partial charge is 0.492 e. The molecule has 0 unspecified atom stereocenters. The number of hydrogen-bond donors (Lipinski definition) is 1. The third-order valence-corrected chi connectivity index (χ3v) is 3.04. The molecule has 0 spiro atoms. The molecular formula is C14H15BrN2O. The minimum atomic E-state index is 0.683. The molecule has 0 aliphatic heterocycles. The average molecular weight is 307 g/mol. The molecule has 0 saturated carbocycles. The monoisotopic (exact) mass is 306 g/mol. The van der Waals surface area contributed by atoms with Crippen molar-refractivity contribution < 1.29 is 4.74 Å². The summed E-state index contributed by atoms with van der Waals surface area (Å²) in [6.07, 6.45) is 2.71. The van der Waals surface area contributed by atoms with Crippen LogP contribution in [0.15, 0.2) is 53.1 Å². The van der Waals surface area contributed by atoms with Gasteiger partial charge in [-0.1, -0.05) is 18.2 Å². The first kappa shape index (κ1) is 12.9. The van der Waals surface area contributed by atoms with E-state index < -0.39 is 0 Å². The fourth-order valence-corrected chi connectivity index (χ4v) is 1.90. The van der Waals surface area contributed by atoms with Crippen molar-refractivity contribution in [2.45, 2.75) is 6.42 Å². The Bertz CT molecular complexity index is 476. The van der Waals surface area contributed by atoms with Crippen molar-refractivity contribution in [1.29, 1.82) is 0 Å². The molecule has 18 heavy (non-hydrogen) atoms. The molecule has 1 aromatic carbocycles. The van der Waals surface area contributed by atoms with Crippen LogP contribution in [0.2, 0.25) is 0 Å². The fraction of sp³-hybridized carbons (Fsp3) is 0.214. The Morgan fingerprint density at radius 1 is 1.11 bits per heavy atom. The number of hydrogen-bond acceptors (Lipinski definition) is 3. The lowest BCUT2D eigenvalue weighted by atomic mass is 10.3. The van der Waals surface area contributed by atoms with Crippen LogP contribution in [0.5, 0.6) is 5.75 Å². The molecule has 4 heteroatoms. The summed E-state index contributed by atoms with van der Waals surface area (Å²) in [7, 11) is 0. The van der Waals surface area contributed by atoms with Crippen molar-refractivity contribution in [2.24, 2.45) is 0 Å². The normalized spacial score (nSPS) is 10.1. The molecule has 0 amide bonds. The Hall–Kier alpha value is -1.55. The van der Waals surface area contributed by atoms with E-state index in [0.717, 1.165) is 29.0 Å². The van der Waals surface area contributed by atoms with Crippen LogP contribution in [0.25, 0.3) is 0 Å². The molecule has 0 bridgehead atoms. The van der Waals surface area contributed by atoms with Crippen molar-refractivity contribution in [3.63, 3.8) is 0 Å². The molecule has 0 fully saturated rings. The van der Waals surface area contributed by atoms with Gasteiger partial charge in [0.05, 0.1) is 11.1 Å². The van der Waals surface area contributed by atoms with Gasteiger partial charge in [0.2, 0.25) is 0 Å². The van der Waals surface area contributed by atoms with Crippen LogP contribution in [-0.2, 0) is 0 Å². The summed E-state index contributed by atoms with van der Waals surface area (Å²) < 4.78 is 6.66. The topological polar surface area (TPSA) is 34.1 Å². The van der Waals surface area contributed by atoms with Crippen LogP contribution in [0, 0.1) is 0 Å². The van der Waals surface area contributed by atoms with E-state index in [9.17, 15) is 0 Å². The number of halogens is 1. The lowest BCUT2D eigenvalue weighted by Crippen LogP contribution is -2.08. The molecule has 1 N–H and O–H groups in total. The predicted molar refractivity (Wildman–Crippen MR) is 77.0 cm³/mol. The van der Waals surface area contributed by atoms with Gasteiger partial charge in [-0.05, 0) is 46.6 Å². The van der Waals surface area contributed by atoms with Gasteiger partial charge in [-0.3, -0.25) is 0 Å². The van der Waals surface area contributed by atoms with Gasteiger partial charge in [0.15, 0.2) is 0 Å². The number of aromatic nitrogens is 1. The van der Waals surface area contributed by atoms with E-state index in [1.807, 2.05) is 42.5 Å². The highest BCUT2D eigenvalue weighted by molar-refractivity contribution is 9.10. The minimum Gasteiger partial charge on any atom is -0.492 e. The molecule has 2 rings (SSSR count). The zero-order chi connectivity index (χ0) is 12.6. The maximum absolute atomic E-state index is 5.67. The Morgan fingerprint density at radius 2 is 1.94 bits per heavy atom. The van der Waals surface area contributed by atoms with Crippen LogP contribution in [-0.4, -0.2) is 18.1 Å². The van der Waals surface area contributed by atoms with Crippen LogP contribution < -0.4 is 10.1 Å². The molecular weight excluding hydrogens is 292 g/mol. The van der Waals surface area contributed by atoms with Gasteiger partial charge in [-0.15, -0.1) is 0 Å². The third kappa shape index (κ3) is 4.04. The fourth-order valence-electron chi connectivity index (χ4n) is 1.50. The van der Waals surface area contributed by atoms with Gasteiger partial charge < -0.3 is 10.1 Å². The Morgan fingerprint density at radius 3 is 2.72 bits per heavy atom. The summed E-state index contributed by atoms with van der Waals surface area (Å²) in [5.74, 6) is 1.79. The number of pyridine rings is 1. The molecule has 3 nitrogen and oxygen atoms in total. The number of rotatable bonds is 6. The van der Waals surface area contributed by atoms with E-state index in [1.165, 1.54) is 0 Å². The highest BCUT2D eigenvalue weighted by Gasteiger charge is 1.98. The van der Waals surface area contributed by atoms with E-state index in [-0.39, 0.29) is 0 Å². The second kappa shape index (κ2) is 7.01. The quantitative estimate of drug-likeness (QED) is 0.826. The first-order valence-corrected chi connectivity index (χ1v) is 6.68. The third-order valence-electron chi connectivity index (χ3n) is 2.39. The van der Waals surface area contributed by atoms with Gasteiger partial charge in [0.1, 0.15) is 11.6 Å². The Balaban J connectivity index is 1.66. The highest BCUT2D eigenvalue weighted by atomic mass is 79.9. The van der Waals surface area contributed by atoms with Crippen LogP contribution >= 0.6 is 15.9 Å².